The van der Waals surface area contributed by atoms with Crippen LogP contribution in [0, 0.1) is 0 Å². The fourth-order valence-electron chi connectivity index (χ4n) is 3.65. The van der Waals surface area contributed by atoms with E-state index >= 15 is 0 Å². The molecular formula is C22H24FN7O5S4. The molecule has 2 aromatic rings. The summed E-state index contributed by atoms with van der Waals surface area (Å²) in [7, 11) is 0. The minimum absolute atomic E-state index is 0.108. The van der Waals surface area contributed by atoms with Gasteiger partial charge in [-0.25, -0.2) is 14.2 Å². The van der Waals surface area contributed by atoms with E-state index in [2.05, 4.69) is 20.4 Å². The first-order valence-corrected chi connectivity index (χ1v) is 15.3. The number of rotatable bonds is 13. The zero-order valence-corrected chi connectivity index (χ0v) is 23.5. The van der Waals surface area contributed by atoms with Gasteiger partial charge in [-0.1, -0.05) is 16.9 Å². The number of carbonyl (C=O) groups excluding carboxylic acids is 2. The lowest BCUT2D eigenvalue weighted by molar-refractivity contribution is -0.150. The second kappa shape index (κ2) is 13.5. The fraction of sp³-hybridized carbons (Fsp3) is 0.364. The van der Waals surface area contributed by atoms with Gasteiger partial charge in [0.2, 0.25) is 0 Å². The Morgan fingerprint density at radius 1 is 1.41 bits per heavy atom. The van der Waals surface area contributed by atoms with Gasteiger partial charge >= 0.3 is 5.97 Å². The number of thioether (sulfide) groups is 3. The van der Waals surface area contributed by atoms with Crippen molar-refractivity contribution in [2.45, 2.75) is 22.1 Å². The van der Waals surface area contributed by atoms with Crippen molar-refractivity contribution in [3.05, 3.63) is 45.7 Å². The Hall–Kier alpha value is -2.86. The predicted molar refractivity (Wildman–Crippen MR) is 150 cm³/mol. The van der Waals surface area contributed by atoms with Crippen molar-refractivity contribution in [1.29, 1.82) is 0 Å². The van der Waals surface area contributed by atoms with Crippen LogP contribution in [-0.2, 0) is 25.0 Å². The molecule has 4 rings (SSSR count). The van der Waals surface area contributed by atoms with Crippen LogP contribution in [0.3, 0.4) is 0 Å². The van der Waals surface area contributed by atoms with E-state index in [1.54, 1.807) is 24.2 Å². The number of hydrogen-bond acceptors (Lipinski definition) is 13. The van der Waals surface area contributed by atoms with Gasteiger partial charge in [0.05, 0.1) is 0 Å². The molecule has 208 valence electrons. The van der Waals surface area contributed by atoms with E-state index in [0.717, 1.165) is 27.5 Å². The number of β-lactam (4-membered cyclic amide) rings is 1. The third kappa shape index (κ3) is 6.66. The summed E-state index contributed by atoms with van der Waals surface area (Å²) in [6, 6.07) is 0.805. The number of nitrogen functional groups attached to an aromatic ring is 1. The van der Waals surface area contributed by atoms with Crippen LogP contribution in [0.5, 0.6) is 0 Å². The first-order valence-electron chi connectivity index (χ1n) is 11.4. The van der Waals surface area contributed by atoms with Gasteiger partial charge in [-0.2, -0.15) is 11.8 Å². The minimum atomic E-state index is -1.24. The van der Waals surface area contributed by atoms with E-state index in [4.69, 9.17) is 16.3 Å². The number of thiazole rings is 1. The number of amides is 2. The second-order valence-electron chi connectivity index (χ2n) is 7.90. The number of aliphatic carboxylic acids is 1. The monoisotopic (exact) mass is 613 g/mol. The van der Waals surface area contributed by atoms with Crippen LogP contribution in [0.15, 0.2) is 44.5 Å². The smallest absolute Gasteiger partial charge is 0.353 e. The maximum atomic E-state index is 13.1. The summed E-state index contributed by atoms with van der Waals surface area (Å²) in [4.78, 5) is 54.0. The number of halogens is 1. The highest BCUT2D eigenvalue weighted by Gasteiger charge is 2.54. The lowest BCUT2D eigenvalue weighted by Gasteiger charge is -2.49. The highest BCUT2D eigenvalue weighted by Crippen LogP contribution is 2.45. The van der Waals surface area contributed by atoms with E-state index in [9.17, 15) is 23.9 Å². The predicted octanol–water partition coefficient (Wildman–Crippen LogP) is 1.49. The van der Waals surface area contributed by atoms with Gasteiger partial charge in [0.25, 0.3) is 11.8 Å². The van der Waals surface area contributed by atoms with Crippen LogP contribution in [0.2, 0.25) is 0 Å². The Morgan fingerprint density at radius 2 is 2.23 bits per heavy atom. The molecular weight excluding hydrogens is 590 g/mol. The highest BCUT2D eigenvalue weighted by atomic mass is 32.2. The van der Waals surface area contributed by atoms with Crippen molar-refractivity contribution in [2.75, 3.05) is 37.1 Å². The van der Waals surface area contributed by atoms with Gasteiger partial charge in [-0.3, -0.25) is 19.5 Å². The molecule has 0 spiro atoms. The number of carbonyl (C=O) groups is 3. The Bertz CT molecular complexity index is 1310. The van der Waals surface area contributed by atoms with Crippen LogP contribution in [0.4, 0.5) is 9.52 Å². The first kappa shape index (κ1) is 29.1. The number of nitrogens with two attached hydrogens (primary N) is 2. The van der Waals surface area contributed by atoms with Crippen molar-refractivity contribution in [3.8, 4) is 0 Å². The summed E-state index contributed by atoms with van der Waals surface area (Å²) in [5.74, 6) is -0.845. The van der Waals surface area contributed by atoms with E-state index in [1.807, 2.05) is 6.07 Å². The van der Waals surface area contributed by atoms with Crippen LogP contribution < -0.4 is 16.8 Å². The molecule has 2 aromatic heterocycles. The van der Waals surface area contributed by atoms with Crippen LogP contribution in [0.25, 0.3) is 0 Å². The topological polar surface area (TPSA) is 186 Å². The normalized spacial score (nSPS) is 19.0. The molecule has 0 bridgehead atoms. The first-order chi connectivity index (χ1) is 18.8. The van der Waals surface area contributed by atoms with Crippen molar-refractivity contribution in [3.63, 3.8) is 0 Å². The summed E-state index contributed by atoms with van der Waals surface area (Å²) in [5.41, 5.74) is 11.9. The molecule has 0 saturated carbocycles. The molecule has 0 unspecified atom stereocenters. The molecule has 2 atom stereocenters. The van der Waals surface area contributed by atoms with Crippen LogP contribution >= 0.6 is 46.6 Å². The number of hydrogen-bond donors (Lipinski definition) is 4. The molecule has 17 heteroatoms. The summed E-state index contributed by atoms with van der Waals surface area (Å²) in [5, 5.41) is 17.3. The number of nitrogens with zero attached hydrogens (tertiary/aromatic N) is 4. The van der Waals surface area contributed by atoms with Gasteiger partial charge in [0.1, 0.15) is 36.1 Å². The number of aromatic nitrogens is 2. The van der Waals surface area contributed by atoms with Crippen molar-refractivity contribution in [2.24, 2.45) is 10.9 Å². The minimum Gasteiger partial charge on any atom is -0.477 e. The SMILES string of the molecule is NCCSCc1cnccc1SC1=C(C(=O)O)N2C(=O)[C@@H](NC(=O)C(=NOCCF)c3csc(N)n3)[C@@H]2SC1. The molecule has 1 saturated heterocycles. The van der Waals surface area contributed by atoms with Crippen molar-refractivity contribution in [1.82, 2.24) is 20.2 Å². The quantitative estimate of drug-likeness (QED) is 0.111. The molecule has 4 heterocycles. The molecule has 39 heavy (non-hydrogen) atoms. The molecule has 2 amide bonds. The zero-order valence-electron chi connectivity index (χ0n) is 20.2. The third-order valence-electron chi connectivity index (χ3n) is 5.34. The Morgan fingerprint density at radius 3 is 2.92 bits per heavy atom. The molecule has 2 aliphatic rings. The molecule has 2 aliphatic heterocycles. The molecule has 0 aliphatic carbocycles. The summed E-state index contributed by atoms with van der Waals surface area (Å²) < 4.78 is 12.5. The molecule has 6 N–H and O–H groups in total. The number of carboxylic acids is 1. The van der Waals surface area contributed by atoms with Crippen LogP contribution in [0.1, 0.15) is 11.3 Å². The number of carboxylic acid groups (broad SMARTS) is 1. The Labute approximate surface area is 239 Å². The maximum Gasteiger partial charge on any atom is 0.353 e. The fourth-order valence-corrected chi connectivity index (χ4v) is 7.61. The van der Waals surface area contributed by atoms with E-state index < -0.39 is 35.9 Å². The number of anilines is 1. The van der Waals surface area contributed by atoms with Gasteiger partial charge in [-0.05, 0) is 11.6 Å². The second-order valence-corrected chi connectivity index (χ2v) is 12.1. The number of nitrogens with one attached hydrogen (secondary N) is 1. The molecule has 0 radical (unpaired) electrons. The van der Waals surface area contributed by atoms with Gasteiger partial charge in [-0.15, -0.1) is 23.1 Å². The van der Waals surface area contributed by atoms with Gasteiger partial charge in [0.15, 0.2) is 10.8 Å². The maximum absolute atomic E-state index is 13.1. The number of alkyl halides is 1. The molecule has 0 aromatic carbocycles. The number of pyridine rings is 1. The summed E-state index contributed by atoms with van der Waals surface area (Å²) in [6.45, 7) is -0.641. The zero-order chi connectivity index (χ0) is 27.9. The van der Waals surface area contributed by atoms with Gasteiger partial charge in [0, 0.05) is 51.4 Å². The number of fused-ring (bicyclic) bond motifs is 1. The third-order valence-corrected chi connectivity index (χ3v) is 9.72. The number of oxime groups is 1. The molecule has 12 nitrogen and oxygen atoms in total. The standard InChI is InChI=1S/C22H24FN7O5S4/c23-2-5-35-29-15(12-9-38-22(25)27-12)18(31)28-16-19(32)30-17(21(33)34)14(10-37-20(16)30)39-13-1-4-26-7-11(13)8-36-6-3-24/h1,4,7,9,16,20H,2-3,5-6,8,10,24H2,(H2,25,27)(H,28,31)(H,33,34)/t16-,20+/m1/s1. The van der Waals surface area contributed by atoms with Gasteiger partial charge < -0.3 is 26.7 Å². The Kier molecular flexibility index (Phi) is 10.1. The summed E-state index contributed by atoms with van der Waals surface area (Å²) in [6.07, 6.45) is 3.37. The van der Waals surface area contributed by atoms with E-state index in [1.165, 1.54) is 33.8 Å². The van der Waals surface area contributed by atoms with Crippen molar-refractivity contribution < 1.29 is 28.7 Å². The lowest BCUT2D eigenvalue weighted by atomic mass is 10.0. The average molecular weight is 614 g/mol. The molecule has 1 fully saturated rings. The van der Waals surface area contributed by atoms with E-state index in [-0.39, 0.29) is 28.8 Å². The lowest BCUT2D eigenvalue weighted by Crippen LogP contribution is -2.71. The van der Waals surface area contributed by atoms with Crippen LogP contribution in [-0.4, -0.2) is 86.2 Å². The van der Waals surface area contributed by atoms with Crippen molar-refractivity contribution >= 4 is 75.2 Å². The summed E-state index contributed by atoms with van der Waals surface area (Å²) >= 11 is 5.33. The van der Waals surface area contributed by atoms with E-state index in [0.29, 0.717) is 23.0 Å². The Balaban J connectivity index is 1.52. The average Bonchev–Trinajstić information content (AvgIpc) is 3.35. The highest BCUT2D eigenvalue weighted by molar-refractivity contribution is 8.06. The largest absolute Gasteiger partial charge is 0.477 e.